The molecule has 0 saturated carbocycles. The number of benzene rings is 2. The highest BCUT2D eigenvalue weighted by Gasteiger charge is 2.24. The molecule has 1 unspecified atom stereocenters. The molecule has 0 aliphatic rings. The number of fused-ring (bicyclic) bond motifs is 1. The molecule has 0 aliphatic carbocycles. The van der Waals surface area contributed by atoms with Crippen LogP contribution < -0.4 is 0 Å². The third-order valence-electron chi connectivity index (χ3n) is 4.44. The van der Waals surface area contributed by atoms with Gasteiger partial charge in [0.05, 0.1) is 12.2 Å². The van der Waals surface area contributed by atoms with Gasteiger partial charge in [-0.3, -0.25) is 4.79 Å². The first kappa shape index (κ1) is 15.7. The molecule has 3 nitrogen and oxygen atoms in total. The Hall–Kier alpha value is -2.78. The predicted molar refractivity (Wildman–Crippen MR) is 99.2 cm³/mol. The second kappa shape index (κ2) is 6.61. The summed E-state index contributed by atoms with van der Waals surface area (Å²) in [5.74, 6) is 0.699. The fourth-order valence-corrected chi connectivity index (χ4v) is 3.30. The van der Waals surface area contributed by atoms with Crippen LogP contribution in [0.4, 0.5) is 0 Å². The minimum Gasteiger partial charge on any atom is -0.469 e. The summed E-state index contributed by atoms with van der Waals surface area (Å²) in [6.07, 6.45) is 3.94. The molecule has 2 heterocycles. The van der Waals surface area contributed by atoms with E-state index in [-0.39, 0.29) is 11.7 Å². The standard InChI is InChI=1S/C21H16ClNO2/c22-15-9-7-14(8-10-15)20(24)12-17(21-6-3-11-25-21)18-13-23-19-5-2-1-4-16(18)19/h1-11,13,17,23H,12H2. The summed E-state index contributed by atoms with van der Waals surface area (Å²) in [6.45, 7) is 0. The quantitative estimate of drug-likeness (QED) is 0.461. The van der Waals surface area contributed by atoms with E-state index in [0.717, 1.165) is 22.2 Å². The van der Waals surface area contributed by atoms with Crippen LogP contribution in [-0.4, -0.2) is 10.8 Å². The second-order valence-corrected chi connectivity index (χ2v) is 6.43. The van der Waals surface area contributed by atoms with Crippen LogP contribution in [0, 0.1) is 0 Å². The molecule has 1 N–H and O–H groups in total. The summed E-state index contributed by atoms with van der Waals surface area (Å²) in [4.78, 5) is 16.1. The van der Waals surface area contributed by atoms with Gasteiger partial charge in [0.2, 0.25) is 0 Å². The number of para-hydroxylation sites is 1. The summed E-state index contributed by atoms with van der Waals surface area (Å²) in [7, 11) is 0. The van der Waals surface area contributed by atoms with Crippen molar-refractivity contribution in [2.45, 2.75) is 12.3 Å². The summed E-state index contributed by atoms with van der Waals surface area (Å²) in [5, 5.41) is 1.73. The van der Waals surface area contributed by atoms with Gasteiger partial charge >= 0.3 is 0 Å². The van der Waals surface area contributed by atoms with Crippen molar-refractivity contribution in [1.29, 1.82) is 0 Å². The molecule has 1 atom stereocenters. The van der Waals surface area contributed by atoms with E-state index in [4.69, 9.17) is 16.0 Å². The number of aromatic nitrogens is 1. The number of carbonyl (C=O) groups is 1. The molecule has 4 heteroatoms. The number of rotatable bonds is 5. The lowest BCUT2D eigenvalue weighted by Crippen LogP contribution is -2.08. The average Bonchev–Trinajstić information content (AvgIpc) is 3.30. The fraction of sp³-hybridized carbons (Fsp3) is 0.0952. The molecule has 124 valence electrons. The van der Waals surface area contributed by atoms with Crippen LogP contribution in [-0.2, 0) is 0 Å². The van der Waals surface area contributed by atoms with E-state index in [9.17, 15) is 4.79 Å². The number of hydrogen-bond donors (Lipinski definition) is 1. The number of carbonyl (C=O) groups excluding carboxylic acids is 1. The van der Waals surface area contributed by atoms with E-state index in [2.05, 4.69) is 11.1 Å². The minimum atomic E-state index is -0.144. The van der Waals surface area contributed by atoms with E-state index in [1.165, 1.54) is 0 Å². The van der Waals surface area contributed by atoms with Crippen LogP contribution in [0.2, 0.25) is 5.02 Å². The smallest absolute Gasteiger partial charge is 0.163 e. The van der Waals surface area contributed by atoms with Gasteiger partial charge in [0.15, 0.2) is 5.78 Å². The van der Waals surface area contributed by atoms with Gasteiger partial charge in [0.25, 0.3) is 0 Å². The monoisotopic (exact) mass is 349 g/mol. The van der Waals surface area contributed by atoms with Crippen molar-refractivity contribution in [1.82, 2.24) is 4.98 Å². The zero-order chi connectivity index (χ0) is 17.2. The number of ketones is 1. The van der Waals surface area contributed by atoms with Crippen molar-refractivity contribution in [2.75, 3.05) is 0 Å². The zero-order valence-electron chi connectivity index (χ0n) is 13.4. The van der Waals surface area contributed by atoms with Crippen molar-refractivity contribution in [2.24, 2.45) is 0 Å². The van der Waals surface area contributed by atoms with Crippen LogP contribution in [0.15, 0.2) is 77.5 Å². The van der Waals surface area contributed by atoms with Crippen LogP contribution in [0.25, 0.3) is 10.9 Å². The molecule has 4 rings (SSSR count). The maximum Gasteiger partial charge on any atom is 0.163 e. The topological polar surface area (TPSA) is 46.0 Å². The number of halogens is 1. The molecule has 0 saturated heterocycles. The molecule has 0 amide bonds. The number of aromatic amines is 1. The molecule has 2 aromatic heterocycles. The van der Waals surface area contributed by atoms with Gasteiger partial charge in [-0.1, -0.05) is 29.8 Å². The van der Waals surface area contributed by atoms with E-state index >= 15 is 0 Å². The summed E-state index contributed by atoms with van der Waals surface area (Å²) in [6, 6.07) is 18.8. The van der Waals surface area contributed by atoms with Crippen molar-refractivity contribution in [3.05, 3.63) is 95.0 Å². The Kier molecular flexibility index (Phi) is 4.16. The third-order valence-corrected chi connectivity index (χ3v) is 4.69. The van der Waals surface area contributed by atoms with E-state index in [0.29, 0.717) is 17.0 Å². The van der Waals surface area contributed by atoms with Crippen molar-refractivity contribution >= 4 is 28.3 Å². The Morgan fingerprint density at radius 2 is 1.84 bits per heavy atom. The van der Waals surface area contributed by atoms with Gasteiger partial charge in [-0.25, -0.2) is 0 Å². The minimum absolute atomic E-state index is 0.0587. The lowest BCUT2D eigenvalue weighted by Gasteiger charge is -2.14. The van der Waals surface area contributed by atoms with Crippen LogP contribution in [0.1, 0.15) is 34.0 Å². The van der Waals surface area contributed by atoms with Crippen LogP contribution in [0.5, 0.6) is 0 Å². The SMILES string of the molecule is O=C(CC(c1ccco1)c1c[nH]c2ccccc12)c1ccc(Cl)cc1. The first-order valence-corrected chi connectivity index (χ1v) is 8.48. The highest BCUT2D eigenvalue weighted by molar-refractivity contribution is 6.30. The number of H-pyrrole nitrogens is 1. The molecule has 0 radical (unpaired) electrons. The van der Waals surface area contributed by atoms with Gasteiger partial charge in [-0.05, 0) is 48.0 Å². The molecule has 0 fully saturated rings. The number of nitrogens with one attached hydrogen (secondary N) is 1. The maximum atomic E-state index is 12.8. The Bertz CT molecular complexity index is 1000. The third kappa shape index (κ3) is 3.11. The Labute approximate surface area is 150 Å². The normalized spacial score (nSPS) is 12.4. The lowest BCUT2D eigenvalue weighted by molar-refractivity contribution is 0.0975. The predicted octanol–water partition coefficient (Wildman–Crippen LogP) is 5.82. The molecule has 25 heavy (non-hydrogen) atoms. The molecular weight excluding hydrogens is 334 g/mol. The Balaban J connectivity index is 1.72. The Morgan fingerprint density at radius 1 is 1.04 bits per heavy atom. The van der Waals surface area contributed by atoms with Gasteiger partial charge < -0.3 is 9.40 Å². The van der Waals surface area contributed by atoms with Crippen molar-refractivity contribution in [3.63, 3.8) is 0 Å². The molecule has 4 aromatic rings. The Morgan fingerprint density at radius 3 is 2.60 bits per heavy atom. The van der Waals surface area contributed by atoms with Gasteiger partial charge in [-0.2, -0.15) is 0 Å². The first-order chi connectivity index (χ1) is 12.2. The molecule has 0 aliphatic heterocycles. The van der Waals surface area contributed by atoms with Crippen molar-refractivity contribution < 1.29 is 9.21 Å². The summed E-state index contributed by atoms with van der Waals surface area (Å²) in [5.41, 5.74) is 2.77. The van der Waals surface area contributed by atoms with E-state index in [1.807, 2.05) is 36.5 Å². The number of hydrogen-bond acceptors (Lipinski definition) is 2. The highest BCUT2D eigenvalue weighted by atomic mass is 35.5. The lowest BCUT2D eigenvalue weighted by atomic mass is 9.89. The van der Waals surface area contributed by atoms with E-state index < -0.39 is 0 Å². The fourth-order valence-electron chi connectivity index (χ4n) is 3.17. The molecule has 2 aromatic carbocycles. The zero-order valence-corrected chi connectivity index (χ0v) is 14.2. The second-order valence-electron chi connectivity index (χ2n) is 5.99. The van der Waals surface area contributed by atoms with Gasteiger partial charge in [0, 0.05) is 34.1 Å². The molecule has 0 spiro atoms. The maximum absolute atomic E-state index is 12.8. The van der Waals surface area contributed by atoms with Crippen LogP contribution in [0.3, 0.4) is 0 Å². The van der Waals surface area contributed by atoms with Gasteiger partial charge in [0.1, 0.15) is 5.76 Å². The number of furan rings is 1. The largest absolute Gasteiger partial charge is 0.469 e. The highest BCUT2D eigenvalue weighted by Crippen LogP contribution is 2.34. The molecular formula is C21H16ClNO2. The van der Waals surface area contributed by atoms with Gasteiger partial charge in [-0.15, -0.1) is 0 Å². The van der Waals surface area contributed by atoms with E-state index in [1.54, 1.807) is 30.5 Å². The molecule has 0 bridgehead atoms. The summed E-state index contributed by atoms with van der Waals surface area (Å²) >= 11 is 5.92. The summed E-state index contributed by atoms with van der Waals surface area (Å²) < 4.78 is 5.64. The average molecular weight is 350 g/mol. The van der Waals surface area contributed by atoms with Crippen LogP contribution >= 0.6 is 11.6 Å². The first-order valence-electron chi connectivity index (χ1n) is 8.10. The number of Topliss-reactive ketones (excluding diaryl/α,β-unsaturated/α-hetero) is 1. The van der Waals surface area contributed by atoms with Crippen molar-refractivity contribution in [3.8, 4) is 0 Å².